The lowest BCUT2D eigenvalue weighted by atomic mass is 9.49. The summed E-state index contributed by atoms with van der Waals surface area (Å²) in [6.07, 6.45) is 14.9. The summed E-state index contributed by atoms with van der Waals surface area (Å²) in [5.74, 6) is 3.22. The Bertz CT molecular complexity index is 844. The maximum atomic E-state index is 6.11. The molecule has 4 heteroatoms. The Labute approximate surface area is 186 Å². The SMILES string of the molecule is CC(CCCNCCC12CC3CC(CC(C3)C1)C2)Nc1ccnc2cc(Cl)ccc12. The van der Waals surface area contributed by atoms with Gasteiger partial charge in [0.2, 0.25) is 0 Å². The van der Waals surface area contributed by atoms with E-state index in [0.717, 1.165) is 45.9 Å². The smallest absolute Gasteiger partial charge is 0.0737 e. The normalized spacial score (nSPS) is 30.7. The van der Waals surface area contributed by atoms with Crippen LogP contribution in [-0.4, -0.2) is 24.1 Å². The summed E-state index contributed by atoms with van der Waals surface area (Å²) in [5, 5.41) is 9.31. The molecule has 4 saturated carbocycles. The van der Waals surface area contributed by atoms with Crippen LogP contribution in [0.3, 0.4) is 0 Å². The van der Waals surface area contributed by atoms with Crippen molar-refractivity contribution in [2.45, 2.75) is 70.8 Å². The van der Waals surface area contributed by atoms with Crippen LogP contribution in [0.1, 0.15) is 64.7 Å². The summed E-state index contributed by atoms with van der Waals surface area (Å²) in [6.45, 7) is 4.62. The highest BCUT2D eigenvalue weighted by Gasteiger charge is 2.50. The number of fused-ring (bicyclic) bond motifs is 1. The first-order valence-corrected chi connectivity index (χ1v) is 12.5. The molecule has 1 atom stereocenters. The molecule has 6 rings (SSSR count). The van der Waals surface area contributed by atoms with Crippen molar-refractivity contribution in [1.29, 1.82) is 0 Å². The molecule has 2 aromatic rings. The number of aromatic nitrogens is 1. The fourth-order valence-electron chi connectivity index (χ4n) is 7.19. The lowest BCUT2D eigenvalue weighted by Crippen LogP contribution is -2.47. The van der Waals surface area contributed by atoms with E-state index in [9.17, 15) is 0 Å². The quantitative estimate of drug-likeness (QED) is 0.440. The number of hydrogen-bond donors (Lipinski definition) is 2. The molecule has 4 aliphatic carbocycles. The second-order valence-electron chi connectivity index (χ2n) is 10.6. The Balaban J connectivity index is 1.03. The number of pyridine rings is 1. The van der Waals surface area contributed by atoms with Crippen LogP contribution in [0.15, 0.2) is 30.5 Å². The predicted molar refractivity (Wildman–Crippen MR) is 127 cm³/mol. The first-order valence-electron chi connectivity index (χ1n) is 12.1. The van der Waals surface area contributed by atoms with Gasteiger partial charge in [-0.25, -0.2) is 0 Å². The Hall–Kier alpha value is -1.32. The van der Waals surface area contributed by atoms with Gasteiger partial charge in [0.1, 0.15) is 0 Å². The van der Waals surface area contributed by atoms with Crippen molar-refractivity contribution in [1.82, 2.24) is 10.3 Å². The fourth-order valence-corrected chi connectivity index (χ4v) is 7.36. The largest absolute Gasteiger partial charge is 0.382 e. The highest BCUT2D eigenvalue weighted by Crippen LogP contribution is 2.61. The molecule has 0 aliphatic heterocycles. The molecule has 0 radical (unpaired) electrons. The standard InChI is InChI=1S/C26H36ClN3/c1-18(30-24-6-9-29-25-14-22(27)4-5-23(24)25)3-2-8-28-10-7-26-15-19-11-20(16-26)13-21(12-19)17-26/h4-6,9,14,18-21,28H,2-3,7-8,10-13,15-17H2,1H3,(H,29,30). The zero-order chi connectivity index (χ0) is 20.6. The molecule has 1 aromatic heterocycles. The van der Waals surface area contributed by atoms with Gasteiger partial charge >= 0.3 is 0 Å². The summed E-state index contributed by atoms with van der Waals surface area (Å²) in [6, 6.07) is 8.44. The van der Waals surface area contributed by atoms with Crippen LogP contribution in [0.5, 0.6) is 0 Å². The average Bonchev–Trinajstić information content (AvgIpc) is 2.69. The van der Waals surface area contributed by atoms with E-state index >= 15 is 0 Å². The number of rotatable bonds is 9. The topological polar surface area (TPSA) is 37.0 Å². The third-order valence-electron chi connectivity index (χ3n) is 8.09. The number of nitrogens with one attached hydrogen (secondary N) is 2. The second-order valence-corrected chi connectivity index (χ2v) is 11.1. The summed E-state index contributed by atoms with van der Waals surface area (Å²) in [5.41, 5.74) is 2.81. The monoisotopic (exact) mass is 425 g/mol. The minimum atomic E-state index is 0.441. The van der Waals surface area contributed by atoms with Gasteiger partial charge in [-0.1, -0.05) is 11.6 Å². The van der Waals surface area contributed by atoms with Crippen LogP contribution >= 0.6 is 11.6 Å². The molecular formula is C26H36ClN3. The zero-order valence-corrected chi connectivity index (χ0v) is 19.1. The molecule has 1 aromatic carbocycles. The van der Waals surface area contributed by atoms with Gasteiger partial charge < -0.3 is 10.6 Å². The molecule has 2 N–H and O–H groups in total. The highest BCUT2D eigenvalue weighted by molar-refractivity contribution is 6.31. The van der Waals surface area contributed by atoms with E-state index in [4.69, 9.17) is 11.6 Å². The summed E-state index contributed by atoms with van der Waals surface area (Å²) < 4.78 is 0. The van der Waals surface area contributed by atoms with Gasteiger partial charge in [-0.15, -0.1) is 0 Å². The van der Waals surface area contributed by atoms with Crippen LogP contribution in [-0.2, 0) is 0 Å². The van der Waals surface area contributed by atoms with Gasteiger partial charge in [-0.05, 0) is 125 Å². The van der Waals surface area contributed by atoms with Gasteiger partial charge in [0.05, 0.1) is 5.52 Å². The summed E-state index contributed by atoms with van der Waals surface area (Å²) in [4.78, 5) is 4.44. The molecule has 30 heavy (non-hydrogen) atoms. The third kappa shape index (κ3) is 4.48. The van der Waals surface area contributed by atoms with Crippen molar-refractivity contribution >= 4 is 28.2 Å². The zero-order valence-electron chi connectivity index (χ0n) is 18.3. The van der Waals surface area contributed by atoms with Gasteiger partial charge in [0, 0.05) is 28.3 Å². The fraction of sp³-hybridized carbons (Fsp3) is 0.654. The minimum Gasteiger partial charge on any atom is -0.382 e. The maximum absolute atomic E-state index is 6.11. The second kappa shape index (κ2) is 8.67. The van der Waals surface area contributed by atoms with Crippen molar-refractivity contribution < 1.29 is 0 Å². The van der Waals surface area contributed by atoms with Crippen LogP contribution in [0, 0.1) is 23.2 Å². The molecule has 0 spiro atoms. The van der Waals surface area contributed by atoms with Crippen molar-refractivity contribution in [2.24, 2.45) is 23.2 Å². The van der Waals surface area contributed by atoms with E-state index < -0.39 is 0 Å². The predicted octanol–water partition coefficient (Wildman–Crippen LogP) is 6.66. The molecule has 0 saturated heterocycles. The Morgan fingerprint density at radius 2 is 1.80 bits per heavy atom. The number of benzene rings is 1. The summed E-state index contributed by atoms with van der Waals surface area (Å²) in [7, 11) is 0. The van der Waals surface area contributed by atoms with Crippen LogP contribution in [0.4, 0.5) is 5.69 Å². The number of nitrogens with zero attached hydrogens (tertiary/aromatic N) is 1. The number of halogens is 1. The summed E-state index contributed by atoms with van der Waals surface area (Å²) >= 11 is 6.11. The molecule has 1 unspecified atom stereocenters. The van der Waals surface area contributed by atoms with E-state index in [1.54, 1.807) is 19.3 Å². The molecule has 4 aliphatic rings. The van der Waals surface area contributed by atoms with Crippen LogP contribution in [0.2, 0.25) is 5.02 Å². The third-order valence-corrected chi connectivity index (χ3v) is 8.33. The van der Waals surface area contributed by atoms with E-state index in [-0.39, 0.29) is 0 Å². The molecule has 162 valence electrons. The van der Waals surface area contributed by atoms with Crippen molar-refractivity contribution in [3.8, 4) is 0 Å². The molecule has 3 nitrogen and oxygen atoms in total. The number of anilines is 1. The minimum absolute atomic E-state index is 0.441. The van der Waals surface area contributed by atoms with E-state index in [1.807, 2.05) is 18.3 Å². The molecule has 4 bridgehead atoms. The van der Waals surface area contributed by atoms with Gasteiger partial charge in [-0.3, -0.25) is 4.98 Å². The van der Waals surface area contributed by atoms with Crippen LogP contribution < -0.4 is 10.6 Å². The molecular weight excluding hydrogens is 390 g/mol. The Kier molecular flexibility index (Phi) is 5.94. The van der Waals surface area contributed by atoms with Crippen molar-refractivity contribution in [3.63, 3.8) is 0 Å². The maximum Gasteiger partial charge on any atom is 0.0737 e. The number of hydrogen-bond acceptors (Lipinski definition) is 3. The van der Waals surface area contributed by atoms with E-state index in [2.05, 4.69) is 34.7 Å². The van der Waals surface area contributed by atoms with Gasteiger partial charge in [-0.2, -0.15) is 0 Å². The van der Waals surface area contributed by atoms with E-state index in [1.165, 1.54) is 45.1 Å². The average molecular weight is 426 g/mol. The Morgan fingerprint density at radius 1 is 1.07 bits per heavy atom. The lowest BCUT2D eigenvalue weighted by molar-refractivity contribution is -0.0567. The van der Waals surface area contributed by atoms with Crippen molar-refractivity contribution in [2.75, 3.05) is 18.4 Å². The first kappa shape index (κ1) is 20.6. The van der Waals surface area contributed by atoms with Gasteiger partial charge in [0.15, 0.2) is 0 Å². The van der Waals surface area contributed by atoms with Crippen LogP contribution in [0.25, 0.3) is 10.9 Å². The molecule has 1 heterocycles. The van der Waals surface area contributed by atoms with E-state index in [0.29, 0.717) is 11.5 Å². The van der Waals surface area contributed by atoms with Gasteiger partial charge in [0.25, 0.3) is 0 Å². The Morgan fingerprint density at radius 3 is 2.53 bits per heavy atom. The highest BCUT2D eigenvalue weighted by atomic mass is 35.5. The lowest BCUT2D eigenvalue weighted by Gasteiger charge is -2.57. The van der Waals surface area contributed by atoms with Crippen molar-refractivity contribution in [3.05, 3.63) is 35.5 Å². The molecule has 4 fully saturated rings. The first-order chi connectivity index (χ1) is 14.6. The molecule has 0 amide bonds.